The molecule has 1 fully saturated rings. The second-order valence-corrected chi connectivity index (χ2v) is 6.55. The van der Waals surface area contributed by atoms with Crippen LogP contribution >= 0.6 is 0 Å². The summed E-state index contributed by atoms with van der Waals surface area (Å²) in [5, 5.41) is 1.21. The Morgan fingerprint density at radius 1 is 1.29 bits per heavy atom. The number of rotatable bonds is 6. The fraction of sp³-hybridized carbons (Fsp3) is 0.556. The Morgan fingerprint density at radius 3 is 2.62 bits per heavy atom. The molecule has 2 N–H and O–H groups in total. The Hall–Kier alpha value is -1.32. The lowest BCUT2D eigenvalue weighted by atomic mass is 10.00. The van der Waals surface area contributed by atoms with Crippen molar-refractivity contribution in [2.45, 2.75) is 45.7 Å². The van der Waals surface area contributed by atoms with Crippen LogP contribution in [0.15, 0.2) is 28.7 Å². The summed E-state index contributed by atoms with van der Waals surface area (Å²) in [7, 11) is 0. The number of benzene rings is 1. The number of para-hydroxylation sites is 1. The molecule has 1 atom stereocenters. The molecule has 114 valence electrons. The molecule has 0 aliphatic heterocycles. The van der Waals surface area contributed by atoms with E-state index in [-0.39, 0.29) is 6.04 Å². The number of fused-ring (bicyclic) bond motifs is 1. The van der Waals surface area contributed by atoms with E-state index in [0.29, 0.717) is 12.6 Å². The lowest BCUT2D eigenvalue weighted by Crippen LogP contribution is -2.40. The Bertz CT molecular complexity index is 613. The highest BCUT2D eigenvalue weighted by molar-refractivity contribution is 5.82. The minimum Gasteiger partial charge on any atom is -0.461 e. The molecule has 0 amide bonds. The third-order valence-electron chi connectivity index (χ3n) is 4.61. The number of nitrogens with two attached hydrogens (primary N) is 1. The van der Waals surface area contributed by atoms with E-state index < -0.39 is 0 Å². The van der Waals surface area contributed by atoms with Gasteiger partial charge in [-0.1, -0.05) is 18.2 Å². The molecule has 21 heavy (non-hydrogen) atoms. The van der Waals surface area contributed by atoms with Crippen molar-refractivity contribution in [3.8, 4) is 0 Å². The summed E-state index contributed by atoms with van der Waals surface area (Å²) in [5.74, 6) is 1.87. The molecule has 1 aliphatic rings. The summed E-state index contributed by atoms with van der Waals surface area (Å²) in [4.78, 5) is 2.56. The van der Waals surface area contributed by atoms with Crippen LogP contribution in [0, 0.1) is 12.8 Å². The standard InChI is InChI=1S/C18H26N2O/c1-12(2)20(11-14-8-9-14)16(10-19)18-13(3)21-17-7-5-4-6-15(17)18/h4-7,12,14,16H,8-11,19H2,1-3H3. The average Bonchev–Trinajstić information content (AvgIpc) is 3.21. The predicted octanol–water partition coefficient (Wildman–Crippen LogP) is 3.86. The first-order valence-electron chi connectivity index (χ1n) is 8.05. The van der Waals surface area contributed by atoms with Crippen LogP contribution < -0.4 is 5.73 Å². The van der Waals surface area contributed by atoms with Gasteiger partial charge in [0.1, 0.15) is 11.3 Å². The fourth-order valence-electron chi connectivity index (χ4n) is 3.32. The molecule has 3 heteroatoms. The van der Waals surface area contributed by atoms with Gasteiger partial charge in [-0.3, -0.25) is 4.90 Å². The summed E-state index contributed by atoms with van der Waals surface area (Å²) in [5.41, 5.74) is 8.43. The van der Waals surface area contributed by atoms with Gasteiger partial charge in [0.15, 0.2) is 0 Å². The van der Waals surface area contributed by atoms with Gasteiger partial charge in [0.2, 0.25) is 0 Å². The third kappa shape index (κ3) is 2.85. The quantitative estimate of drug-likeness (QED) is 0.876. The molecule has 0 spiro atoms. The largest absolute Gasteiger partial charge is 0.461 e. The van der Waals surface area contributed by atoms with Gasteiger partial charge in [-0.25, -0.2) is 0 Å². The minimum atomic E-state index is 0.245. The zero-order valence-electron chi connectivity index (χ0n) is 13.3. The zero-order valence-corrected chi connectivity index (χ0v) is 13.3. The monoisotopic (exact) mass is 286 g/mol. The second kappa shape index (κ2) is 5.82. The van der Waals surface area contributed by atoms with Gasteiger partial charge in [0.05, 0.1) is 6.04 Å². The van der Waals surface area contributed by atoms with Crippen molar-refractivity contribution in [3.63, 3.8) is 0 Å². The lowest BCUT2D eigenvalue weighted by Gasteiger charge is -2.34. The van der Waals surface area contributed by atoms with E-state index in [9.17, 15) is 0 Å². The summed E-state index contributed by atoms with van der Waals surface area (Å²) in [6.45, 7) is 8.38. The first-order valence-corrected chi connectivity index (χ1v) is 8.05. The molecule has 1 aliphatic carbocycles. The van der Waals surface area contributed by atoms with E-state index in [1.807, 2.05) is 12.1 Å². The maximum Gasteiger partial charge on any atom is 0.134 e. The summed E-state index contributed by atoms with van der Waals surface area (Å²) >= 11 is 0. The first kappa shape index (κ1) is 14.6. The topological polar surface area (TPSA) is 42.4 Å². The average molecular weight is 286 g/mol. The number of hydrogen-bond donors (Lipinski definition) is 1. The zero-order chi connectivity index (χ0) is 15.0. The Labute approximate surface area is 127 Å². The van der Waals surface area contributed by atoms with Gasteiger partial charge < -0.3 is 10.2 Å². The van der Waals surface area contributed by atoms with Gasteiger partial charge in [-0.2, -0.15) is 0 Å². The highest BCUT2D eigenvalue weighted by Crippen LogP contribution is 2.37. The summed E-state index contributed by atoms with van der Waals surface area (Å²) in [6.07, 6.45) is 2.73. The molecular weight excluding hydrogens is 260 g/mol. The van der Waals surface area contributed by atoms with Crippen molar-refractivity contribution in [1.82, 2.24) is 4.90 Å². The maximum atomic E-state index is 6.18. The van der Waals surface area contributed by atoms with E-state index in [1.54, 1.807) is 0 Å². The first-order chi connectivity index (χ1) is 10.1. The fourth-order valence-corrected chi connectivity index (χ4v) is 3.32. The molecule has 1 saturated carbocycles. The van der Waals surface area contributed by atoms with Crippen LogP contribution in [0.1, 0.15) is 44.1 Å². The van der Waals surface area contributed by atoms with Crippen LogP contribution in [-0.2, 0) is 0 Å². The number of hydrogen-bond acceptors (Lipinski definition) is 3. The van der Waals surface area contributed by atoms with Gasteiger partial charge >= 0.3 is 0 Å². The predicted molar refractivity (Wildman–Crippen MR) is 87.3 cm³/mol. The summed E-state index contributed by atoms with van der Waals surface area (Å²) < 4.78 is 5.95. The van der Waals surface area contributed by atoms with Gasteiger partial charge in [0.25, 0.3) is 0 Å². The minimum absolute atomic E-state index is 0.245. The molecule has 0 saturated heterocycles. The molecular formula is C18H26N2O. The van der Waals surface area contributed by atoms with Crippen LogP contribution in [0.5, 0.6) is 0 Å². The van der Waals surface area contributed by atoms with Crippen LogP contribution in [-0.4, -0.2) is 24.0 Å². The third-order valence-corrected chi connectivity index (χ3v) is 4.61. The van der Waals surface area contributed by atoms with Crippen molar-refractivity contribution in [3.05, 3.63) is 35.6 Å². The van der Waals surface area contributed by atoms with Crippen molar-refractivity contribution in [1.29, 1.82) is 0 Å². The van der Waals surface area contributed by atoms with Crippen molar-refractivity contribution < 1.29 is 4.42 Å². The molecule has 0 radical (unpaired) electrons. The van der Waals surface area contributed by atoms with E-state index in [1.165, 1.54) is 23.8 Å². The molecule has 0 bridgehead atoms. The van der Waals surface area contributed by atoms with Crippen LogP contribution in [0.4, 0.5) is 0 Å². The highest BCUT2D eigenvalue weighted by Gasteiger charge is 2.32. The molecule has 1 aromatic heterocycles. The number of aryl methyl sites for hydroxylation is 1. The van der Waals surface area contributed by atoms with Gasteiger partial charge in [-0.15, -0.1) is 0 Å². The normalized spacial score (nSPS) is 17.0. The molecule has 1 unspecified atom stereocenters. The number of nitrogens with zero attached hydrogens (tertiary/aromatic N) is 1. The molecule has 1 heterocycles. The van der Waals surface area contributed by atoms with E-state index in [4.69, 9.17) is 10.2 Å². The van der Waals surface area contributed by atoms with Crippen LogP contribution in [0.2, 0.25) is 0 Å². The second-order valence-electron chi connectivity index (χ2n) is 6.55. The van der Waals surface area contributed by atoms with Crippen molar-refractivity contribution in [2.75, 3.05) is 13.1 Å². The Morgan fingerprint density at radius 2 is 2.00 bits per heavy atom. The van der Waals surface area contributed by atoms with Crippen LogP contribution in [0.3, 0.4) is 0 Å². The summed E-state index contributed by atoms with van der Waals surface area (Å²) in [6, 6.07) is 9.03. The highest BCUT2D eigenvalue weighted by atomic mass is 16.3. The van der Waals surface area contributed by atoms with Crippen molar-refractivity contribution in [2.24, 2.45) is 11.7 Å². The Kier molecular flexibility index (Phi) is 4.05. The van der Waals surface area contributed by atoms with Gasteiger partial charge in [0, 0.05) is 30.1 Å². The molecule has 2 aromatic rings. The van der Waals surface area contributed by atoms with Crippen molar-refractivity contribution >= 4 is 11.0 Å². The lowest BCUT2D eigenvalue weighted by molar-refractivity contribution is 0.149. The van der Waals surface area contributed by atoms with Crippen LogP contribution in [0.25, 0.3) is 11.0 Å². The van der Waals surface area contributed by atoms with E-state index in [0.717, 1.165) is 23.8 Å². The molecule has 3 nitrogen and oxygen atoms in total. The Balaban J connectivity index is 2.01. The van der Waals surface area contributed by atoms with Gasteiger partial charge in [-0.05, 0) is 45.6 Å². The smallest absolute Gasteiger partial charge is 0.134 e. The SMILES string of the molecule is Cc1oc2ccccc2c1C(CN)N(CC1CC1)C(C)C. The molecule has 1 aromatic carbocycles. The van der Waals surface area contributed by atoms with E-state index >= 15 is 0 Å². The maximum absolute atomic E-state index is 6.18. The molecule has 3 rings (SSSR count). The number of furan rings is 1. The van der Waals surface area contributed by atoms with E-state index in [2.05, 4.69) is 37.8 Å².